The van der Waals surface area contributed by atoms with Crippen molar-refractivity contribution in [3.8, 4) is 11.5 Å². The molecule has 0 fully saturated rings. The molecule has 3 aromatic carbocycles. The number of aryl methyl sites for hydroxylation is 2. The van der Waals surface area contributed by atoms with Gasteiger partial charge in [-0.25, -0.2) is 0 Å². The van der Waals surface area contributed by atoms with Crippen LogP contribution in [0.2, 0.25) is 0 Å². The molecule has 190 valence electrons. The fraction of sp³-hybridized carbons (Fsp3) is 0.161. The molecule has 0 aromatic heterocycles. The average Bonchev–Trinajstić information content (AvgIpc) is 2.90. The van der Waals surface area contributed by atoms with Crippen LogP contribution in [-0.4, -0.2) is 29.9 Å². The Bertz CT molecular complexity index is 1310. The minimum atomic E-state index is -0.505. The Morgan fingerprint density at radius 3 is 2.24 bits per heavy atom. The Balaban J connectivity index is 1.77. The zero-order valence-electron chi connectivity index (χ0n) is 21.3. The number of nitrogen functional groups attached to an aromatic ring is 1. The lowest BCUT2D eigenvalue weighted by Gasteiger charge is -2.22. The first-order valence-electron chi connectivity index (χ1n) is 11.9. The molecule has 0 radical (unpaired) electrons. The molecule has 0 aliphatic carbocycles. The molecule has 0 aliphatic rings. The van der Waals surface area contributed by atoms with Crippen LogP contribution >= 0.6 is 0 Å². The Morgan fingerprint density at radius 1 is 0.919 bits per heavy atom. The summed E-state index contributed by atoms with van der Waals surface area (Å²) < 4.78 is 11.8. The van der Waals surface area contributed by atoms with E-state index in [1.165, 1.54) is 12.2 Å². The Morgan fingerprint density at radius 2 is 1.57 bits per heavy atom. The van der Waals surface area contributed by atoms with Crippen LogP contribution in [0.15, 0.2) is 104 Å². The number of para-hydroxylation sites is 1. The van der Waals surface area contributed by atoms with E-state index in [1.807, 2.05) is 56.3 Å². The molecule has 6 heteroatoms. The quantitative estimate of drug-likeness (QED) is 0.157. The van der Waals surface area contributed by atoms with Gasteiger partial charge in [0.25, 0.3) is 11.8 Å². The van der Waals surface area contributed by atoms with Crippen molar-refractivity contribution in [1.29, 1.82) is 0 Å². The third-order valence-electron chi connectivity index (χ3n) is 5.64. The highest BCUT2D eigenvalue weighted by atomic mass is 16.5. The van der Waals surface area contributed by atoms with Crippen molar-refractivity contribution >= 4 is 17.5 Å². The van der Waals surface area contributed by atoms with Crippen molar-refractivity contribution < 1.29 is 19.1 Å². The number of hydrogen-bond acceptors (Lipinski definition) is 5. The SMILES string of the molecule is C=C/C=C\C(=C)C(=O)N(Cc1ccc(C)c(OCCOc2ccccc2C)c1)C(=O)c1ccc(N)cc1. The number of imide groups is 1. The van der Waals surface area contributed by atoms with Crippen molar-refractivity contribution in [2.45, 2.75) is 20.4 Å². The number of carbonyl (C=O) groups is 2. The number of nitrogens with zero attached hydrogens (tertiary/aromatic N) is 1. The number of rotatable bonds is 11. The van der Waals surface area contributed by atoms with Gasteiger partial charge in [-0.1, -0.05) is 61.7 Å². The van der Waals surface area contributed by atoms with E-state index in [-0.39, 0.29) is 12.1 Å². The molecule has 0 bridgehead atoms. The molecule has 0 saturated carbocycles. The van der Waals surface area contributed by atoms with Crippen LogP contribution in [0.25, 0.3) is 0 Å². The van der Waals surface area contributed by atoms with Crippen LogP contribution in [0, 0.1) is 13.8 Å². The second-order valence-electron chi connectivity index (χ2n) is 8.50. The highest BCUT2D eigenvalue weighted by Crippen LogP contribution is 2.23. The van der Waals surface area contributed by atoms with Crippen molar-refractivity contribution in [2.24, 2.45) is 0 Å². The maximum absolute atomic E-state index is 13.3. The molecule has 0 saturated heterocycles. The third kappa shape index (κ3) is 7.45. The van der Waals surface area contributed by atoms with Gasteiger partial charge in [-0.2, -0.15) is 0 Å². The third-order valence-corrected chi connectivity index (χ3v) is 5.64. The molecule has 0 aliphatic heterocycles. The molecule has 37 heavy (non-hydrogen) atoms. The first-order valence-corrected chi connectivity index (χ1v) is 11.9. The summed E-state index contributed by atoms with van der Waals surface area (Å²) in [6, 6.07) is 19.8. The van der Waals surface area contributed by atoms with E-state index in [1.54, 1.807) is 30.3 Å². The van der Waals surface area contributed by atoms with E-state index < -0.39 is 11.8 Å². The van der Waals surface area contributed by atoms with Gasteiger partial charge in [-0.05, 0) is 66.9 Å². The Kier molecular flexibility index (Phi) is 9.44. The largest absolute Gasteiger partial charge is 0.490 e. The first-order chi connectivity index (χ1) is 17.8. The van der Waals surface area contributed by atoms with Crippen molar-refractivity contribution in [2.75, 3.05) is 18.9 Å². The van der Waals surface area contributed by atoms with E-state index in [2.05, 4.69) is 13.2 Å². The molecule has 0 atom stereocenters. The molecule has 0 unspecified atom stereocenters. The standard InChI is InChI=1S/C31H32N2O4/c1-5-6-9-24(4)30(34)33(31(35)26-14-16-27(32)17-15-26)21-25-13-12-23(3)29(20-25)37-19-18-36-28-11-8-7-10-22(28)2/h5-17,20H,1,4,18-19,21,32H2,2-3H3/b9-6-. The molecular weight excluding hydrogens is 464 g/mol. The van der Waals surface area contributed by atoms with Crippen LogP contribution in [0.4, 0.5) is 5.69 Å². The summed E-state index contributed by atoms with van der Waals surface area (Å²) in [6.07, 6.45) is 4.66. The second kappa shape index (κ2) is 12.9. The molecule has 0 heterocycles. The van der Waals surface area contributed by atoms with Crippen molar-refractivity contribution in [3.63, 3.8) is 0 Å². The lowest BCUT2D eigenvalue weighted by molar-refractivity contribution is -0.124. The summed E-state index contributed by atoms with van der Waals surface area (Å²) in [4.78, 5) is 27.7. The van der Waals surface area contributed by atoms with Crippen molar-refractivity contribution in [1.82, 2.24) is 4.90 Å². The van der Waals surface area contributed by atoms with E-state index in [0.717, 1.165) is 27.3 Å². The van der Waals surface area contributed by atoms with Crippen LogP contribution in [0.3, 0.4) is 0 Å². The smallest absolute Gasteiger partial charge is 0.261 e. The molecule has 3 aromatic rings. The van der Waals surface area contributed by atoms with E-state index in [0.29, 0.717) is 30.2 Å². The highest BCUT2D eigenvalue weighted by molar-refractivity contribution is 6.10. The molecular formula is C31H32N2O4. The van der Waals surface area contributed by atoms with Gasteiger partial charge < -0.3 is 15.2 Å². The lowest BCUT2D eigenvalue weighted by atomic mass is 10.1. The van der Waals surface area contributed by atoms with Crippen LogP contribution < -0.4 is 15.2 Å². The van der Waals surface area contributed by atoms with Crippen LogP contribution in [0.5, 0.6) is 11.5 Å². The summed E-state index contributed by atoms with van der Waals surface area (Å²) in [7, 11) is 0. The van der Waals surface area contributed by atoms with Gasteiger partial charge in [-0.15, -0.1) is 0 Å². The van der Waals surface area contributed by atoms with Gasteiger partial charge in [0.05, 0.1) is 6.54 Å². The lowest BCUT2D eigenvalue weighted by Crippen LogP contribution is -2.37. The summed E-state index contributed by atoms with van der Waals surface area (Å²) in [5, 5.41) is 0. The minimum absolute atomic E-state index is 0.0410. The molecule has 0 spiro atoms. The van der Waals surface area contributed by atoms with Gasteiger partial charge in [-0.3, -0.25) is 14.5 Å². The number of hydrogen-bond donors (Lipinski definition) is 1. The van der Waals surface area contributed by atoms with E-state index in [4.69, 9.17) is 15.2 Å². The van der Waals surface area contributed by atoms with Crippen LogP contribution in [-0.2, 0) is 11.3 Å². The van der Waals surface area contributed by atoms with Gasteiger partial charge in [0.1, 0.15) is 24.7 Å². The zero-order valence-corrected chi connectivity index (χ0v) is 21.3. The van der Waals surface area contributed by atoms with Crippen molar-refractivity contribution in [3.05, 3.63) is 126 Å². The normalized spacial score (nSPS) is 10.6. The fourth-order valence-electron chi connectivity index (χ4n) is 3.55. The van der Waals surface area contributed by atoms with E-state index >= 15 is 0 Å². The number of nitrogens with two attached hydrogens (primary N) is 1. The molecule has 3 rings (SSSR count). The second-order valence-corrected chi connectivity index (χ2v) is 8.50. The number of carbonyl (C=O) groups excluding carboxylic acids is 2. The minimum Gasteiger partial charge on any atom is -0.490 e. The number of amides is 2. The molecule has 6 nitrogen and oxygen atoms in total. The summed E-state index contributed by atoms with van der Waals surface area (Å²) >= 11 is 0. The summed E-state index contributed by atoms with van der Waals surface area (Å²) in [5.74, 6) is 0.517. The van der Waals surface area contributed by atoms with Gasteiger partial charge in [0.2, 0.25) is 0 Å². The number of benzene rings is 3. The Hall–Kier alpha value is -4.58. The topological polar surface area (TPSA) is 81.9 Å². The molecule has 2 amide bonds. The first kappa shape index (κ1) is 27.0. The highest BCUT2D eigenvalue weighted by Gasteiger charge is 2.24. The Labute approximate surface area is 218 Å². The van der Waals surface area contributed by atoms with Gasteiger partial charge >= 0.3 is 0 Å². The molecule has 2 N–H and O–H groups in total. The monoisotopic (exact) mass is 496 g/mol. The maximum atomic E-state index is 13.3. The number of anilines is 1. The zero-order chi connectivity index (χ0) is 26.8. The maximum Gasteiger partial charge on any atom is 0.261 e. The van der Waals surface area contributed by atoms with Gasteiger partial charge in [0, 0.05) is 16.8 Å². The number of allylic oxidation sites excluding steroid dienone is 2. The predicted octanol–water partition coefficient (Wildman–Crippen LogP) is 5.81. The number of ether oxygens (including phenoxy) is 2. The predicted molar refractivity (Wildman–Crippen MR) is 148 cm³/mol. The summed E-state index contributed by atoms with van der Waals surface area (Å²) in [5.41, 5.74) is 9.53. The van der Waals surface area contributed by atoms with Gasteiger partial charge in [0.15, 0.2) is 0 Å². The summed E-state index contributed by atoms with van der Waals surface area (Å²) in [6.45, 7) is 12.1. The van der Waals surface area contributed by atoms with Crippen LogP contribution in [0.1, 0.15) is 27.0 Å². The van der Waals surface area contributed by atoms with E-state index in [9.17, 15) is 9.59 Å². The average molecular weight is 497 g/mol. The fourth-order valence-corrected chi connectivity index (χ4v) is 3.55.